The molecule has 0 radical (unpaired) electrons. The van der Waals surface area contributed by atoms with Crippen LogP contribution in [0.15, 0.2) is 72.8 Å². The molecule has 0 aliphatic heterocycles. The van der Waals surface area contributed by atoms with Gasteiger partial charge in [-0.05, 0) is 23.6 Å². The molecule has 28 heavy (non-hydrogen) atoms. The molecule has 0 atom stereocenters. The van der Waals surface area contributed by atoms with Crippen LogP contribution in [-0.4, -0.2) is 30.8 Å². The van der Waals surface area contributed by atoms with Crippen molar-refractivity contribution in [1.29, 1.82) is 0 Å². The molecule has 0 aromatic heterocycles. The molecule has 0 aliphatic rings. The summed E-state index contributed by atoms with van der Waals surface area (Å²) >= 11 is 0. The van der Waals surface area contributed by atoms with Crippen molar-refractivity contribution >= 4 is 39.9 Å². The van der Waals surface area contributed by atoms with Crippen molar-refractivity contribution in [2.75, 3.05) is 22.9 Å². The fraction of sp³-hybridized carbons (Fsp3) is 0.136. The number of carbonyl (C=O) groups excluding carboxylic acids is 3. The highest BCUT2D eigenvalue weighted by atomic mass is 16.2. The van der Waals surface area contributed by atoms with Gasteiger partial charge in [0.1, 0.15) is 13.1 Å². The Morgan fingerprint density at radius 2 is 1.43 bits per heavy atom. The molecule has 0 saturated heterocycles. The third-order valence-corrected chi connectivity index (χ3v) is 4.41. The van der Waals surface area contributed by atoms with Crippen LogP contribution < -0.4 is 15.5 Å². The monoisotopic (exact) mass is 375 g/mol. The van der Waals surface area contributed by atoms with Crippen LogP contribution in [0.25, 0.3) is 10.8 Å². The Kier molecular flexibility index (Phi) is 5.69. The quantitative estimate of drug-likeness (QED) is 0.719. The van der Waals surface area contributed by atoms with Gasteiger partial charge in [0.15, 0.2) is 0 Å². The minimum Gasteiger partial charge on any atom is -0.368 e. The van der Waals surface area contributed by atoms with Crippen molar-refractivity contribution < 1.29 is 14.4 Å². The van der Waals surface area contributed by atoms with Gasteiger partial charge in [-0.2, -0.15) is 0 Å². The van der Waals surface area contributed by atoms with Gasteiger partial charge in [0, 0.05) is 18.0 Å². The highest BCUT2D eigenvalue weighted by Gasteiger charge is 2.24. The second-order valence-electron chi connectivity index (χ2n) is 6.39. The Morgan fingerprint density at radius 3 is 2.11 bits per heavy atom. The van der Waals surface area contributed by atoms with Crippen LogP contribution >= 0.6 is 0 Å². The van der Waals surface area contributed by atoms with Crippen LogP contribution in [0.5, 0.6) is 0 Å². The zero-order valence-electron chi connectivity index (χ0n) is 15.5. The predicted molar refractivity (Wildman–Crippen MR) is 110 cm³/mol. The molecule has 3 aromatic rings. The number of para-hydroxylation sites is 1. The van der Waals surface area contributed by atoms with Gasteiger partial charge in [-0.25, -0.2) is 0 Å². The first-order valence-corrected chi connectivity index (χ1v) is 8.87. The summed E-state index contributed by atoms with van der Waals surface area (Å²) in [5.41, 5.74) is 6.59. The Balaban J connectivity index is 1.98. The largest absolute Gasteiger partial charge is 0.368 e. The molecule has 3 amide bonds. The van der Waals surface area contributed by atoms with E-state index in [9.17, 15) is 14.4 Å². The number of primary amides is 1. The standard InChI is InChI=1S/C22H21N3O3/c1-16(26)24(18-10-3-2-4-11-18)15-22(28)25(14-21(23)27)20-13-7-9-17-8-5-6-12-19(17)20/h2-13H,14-15H2,1H3,(H2,23,27). The lowest BCUT2D eigenvalue weighted by atomic mass is 10.1. The summed E-state index contributed by atoms with van der Waals surface area (Å²) in [6.45, 7) is 0.930. The number of nitrogens with zero attached hydrogens (tertiary/aromatic N) is 2. The number of fused-ring (bicyclic) bond motifs is 1. The Bertz CT molecular complexity index is 1010. The van der Waals surface area contributed by atoms with Gasteiger partial charge >= 0.3 is 0 Å². The molecule has 3 rings (SSSR count). The van der Waals surface area contributed by atoms with Crippen molar-refractivity contribution in [2.24, 2.45) is 5.73 Å². The molecule has 0 unspecified atom stereocenters. The van der Waals surface area contributed by atoms with Gasteiger partial charge < -0.3 is 15.5 Å². The second kappa shape index (κ2) is 8.35. The number of amides is 3. The molecular weight excluding hydrogens is 354 g/mol. The summed E-state index contributed by atoms with van der Waals surface area (Å²) in [5, 5.41) is 1.77. The van der Waals surface area contributed by atoms with Gasteiger partial charge in [0.05, 0.1) is 5.69 Å². The van der Waals surface area contributed by atoms with Gasteiger partial charge in [-0.1, -0.05) is 54.6 Å². The second-order valence-corrected chi connectivity index (χ2v) is 6.39. The number of rotatable bonds is 6. The number of anilines is 2. The van der Waals surface area contributed by atoms with Crippen molar-refractivity contribution in [3.8, 4) is 0 Å². The van der Waals surface area contributed by atoms with Gasteiger partial charge in [-0.15, -0.1) is 0 Å². The smallest absolute Gasteiger partial charge is 0.247 e. The highest BCUT2D eigenvalue weighted by Crippen LogP contribution is 2.27. The SMILES string of the molecule is CC(=O)N(CC(=O)N(CC(N)=O)c1cccc2ccccc12)c1ccccc1. The summed E-state index contributed by atoms with van der Waals surface area (Å²) in [5.74, 6) is -1.29. The number of benzene rings is 3. The third-order valence-electron chi connectivity index (χ3n) is 4.41. The predicted octanol–water partition coefficient (Wildman–Crippen LogP) is 2.71. The van der Waals surface area contributed by atoms with E-state index >= 15 is 0 Å². The van der Waals surface area contributed by atoms with Crippen LogP contribution in [0, 0.1) is 0 Å². The van der Waals surface area contributed by atoms with E-state index in [1.807, 2.05) is 42.5 Å². The maximum atomic E-state index is 13.1. The molecule has 0 aliphatic carbocycles. The molecule has 142 valence electrons. The first-order chi connectivity index (χ1) is 13.5. The Morgan fingerprint density at radius 1 is 0.786 bits per heavy atom. The minimum atomic E-state index is -0.629. The van der Waals surface area contributed by atoms with Crippen molar-refractivity contribution in [1.82, 2.24) is 0 Å². The van der Waals surface area contributed by atoms with Crippen LogP contribution in [0.2, 0.25) is 0 Å². The maximum Gasteiger partial charge on any atom is 0.247 e. The molecular formula is C22H21N3O3. The average molecular weight is 375 g/mol. The molecule has 0 heterocycles. The topological polar surface area (TPSA) is 83.7 Å². The fourth-order valence-electron chi connectivity index (χ4n) is 3.12. The molecule has 0 saturated carbocycles. The van der Waals surface area contributed by atoms with Gasteiger partial charge in [0.2, 0.25) is 17.7 Å². The van der Waals surface area contributed by atoms with E-state index in [4.69, 9.17) is 5.73 Å². The summed E-state index contributed by atoms with van der Waals surface area (Å²) in [6, 6.07) is 22.0. The zero-order chi connectivity index (χ0) is 20.1. The van der Waals surface area contributed by atoms with Crippen LogP contribution in [0.3, 0.4) is 0 Å². The highest BCUT2D eigenvalue weighted by molar-refractivity contribution is 6.09. The van der Waals surface area contributed by atoms with E-state index in [0.29, 0.717) is 11.4 Å². The van der Waals surface area contributed by atoms with Gasteiger partial charge in [-0.3, -0.25) is 14.4 Å². The first kappa shape index (κ1) is 19.1. The molecule has 0 fully saturated rings. The van der Waals surface area contributed by atoms with Crippen LogP contribution in [0.1, 0.15) is 6.92 Å². The van der Waals surface area contributed by atoms with E-state index in [2.05, 4.69) is 0 Å². The van der Waals surface area contributed by atoms with E-state index < -0.39 is 11.8 Å². The molecule has 2 N–H and O–H groups in total. The number of hydrogen-bond donors (Lipinski definition) is 1. The first-order valence-electron chi connectivity index (χ1n) is 8.87. The van der Waals surface area contributed by atoms with Crippen molar-refractivity contribution in [2.45, 2.75) is 6.92 Å². The van der Waals surface area contributed by atoms with E-state index in [1.54, 1.807) is 30.3 Å². The third kappa shape index (κ3) is 4.17. The zero-order valence-corrected chi connectivity index (χ0v) is 15.5. The Hall–Kier alpha value is -3.67. The normalized spacial score (nSPS) is 10.5. The molecule has 6 heteroatoms. The fourth-order valence-corrected chi connectivity index (χ4v) is 3.12. The number of nitrogens with two attached hydrogens (primary N) is 1. The Labute approximate surface area is 163 Å². The van der Waals surface area contributed by atoms with Crippen molar-refractivity contribution in [3.05, 3.63) is 72.8 Å². The molecule has 3 aromatic carbocycles. The van der Waals surface area contributed by atoms with Gasteiger partial charge in [0.25, 0.3) is 0 Å². The average Bonchev–Trinajstić information content (AvgIpc) is 2.70. The molecule has 6 nitrogen and oxygen atoms in total. The summed E-state index contributed by atoms with van der Waals surface area (Å²) in [4.78, 5) is 39.6. The summed E-state index contributed by atoms with van der Waals surface area (Å²) < 4.78 is 0. The van der Waals surface area contributed by atoms with Crippen molar-refractivity contribution in [3.63, 3.8) is 0 Å². The lowest BCUT2D eigenvalue weighted by Gasteiger charge is -2.27. The minimum absolute atomic E-state index is 0.199. The molecule has 0 bridgehead atoms. The lowest BCUT2D eigenvalue weighted by molar-refractivity contribution is -0.123. The van der Waals surface area contributed by atoms with E-state index in [1.165, 1.54) is 16.7 Å². The van der Waals surface area contributed by atoms with E-state index in [0.717, 1.165) is 10.8 Å². The summed E-state index contributed by atoms with van der Waals surface area (Å²) in [7, 11) is 0. The molecule has 0 spiro atoms. The maximum absolute atomic E-state index is 13.1. The van der Waals surface area contributed by atoms with E-state index in [-0.39, 0.29) is 19.0 Å². The number of carbonyl (C=O) groups is 3. The number of hydrogen-bond acceptors (Lipinski definition) is 3. The van der Waals surface area contributed by atoms with Crippen LogP contribution in [-0.2, 0) is 14.4 Å². The summed E-state index contributed by atoms with van der Waals surface area (Å²) in [6.07, 6.45) is 0. The van der Waals surface area contributed by atoms with Crippen LogP contribution in [0.4, 0.5) is 11.4 Å². The lowest BCUT2D eigenvalue weighted by Crippen LogP contribution is -2.45.